The Labute approximate surface area is 110 Å². The van der Waals surface area contributed by atoms with Crippen LogP contribution in [-0.2, 0) is 0 Å². The van der Waals surface area contributed by atoms with Crippen LogP contribution in [0.1, 0.15) is 50.3 Å². The Hall–Kier alpha value is -1.06. The Morgan fingerprint density at radius 1 is 1.33 bits per heavy atom. The highest BCUT2D eigenvalue weighted by atomic mass is 16.5. The van der Waals surface area contributed by atoms with Crippen molar-refractivity contribution in [2.24, 2.45) is 11.7 Å². The minimum Gasteiger partial charge on any atom is -0.496 e. The number of hydrogen-bond acceptors (Lipinski definition) is 3. The van der Waals surface area contributed by atoms with Gasteiger partial charge in [-0.1, -0.05) is 32.9 Å². The summed E-state index contributed by atoms with van der Waals surface area (Å²) in [6.45, 7) is 6.44. The molecule has 3 N–H and O–H groups in total. The lowest BCUT2D eigenvalue weighted by molar-refractivity contribution is 0.199. The average molecular weight is 251 g/mol. The van der Waals surface area contributed by atoms with E-state index in [0.717, 1.165) is 17.7 Å². The monoisotopic (exact) mass is 251 g/mol. The van der Waals surface area contributed by atoms with Gasteiger partial charge in [-0.2, -0.15) is 0 Å². The first-order valence-electron chi connectivity index (χ1n) is 6.59. The van der Waals surface area contributed by atoms with E-state index in [0.29, 0.717) is 5.92 Å². The van der Waals surface area contributed by atoms with Crippen molar-refractivity contribution in [2.75, 3.05) is 13.7 Å². The number of nitrogens with two attached hydrogens (primary N) is 1. The van der Waals surface area contributed by atoms with Crippen LogP contribution in [0.5, 0.6) is 5.75 Å². The minimum absolute atomic E-state index is 0.0730. The molecule has 2 unspecified atom stereocenters. The van der Waals surface area contributed by atoms with Crippen LogP contribution < -0.4 is 10.5 Å². The highest BCUT2D eigenvalue weighted by molar-refractivity contribution is 5.40. The maximum atomic E-state index is 9.34. The van der Waals surface area contributed by atoms with E-state index in [2.05, 4.69) is 19.9 Å². The van der Waals surface area contributed by atoms with Gasteiger partial charge < -0.3 is 15.6 Å². The summed E-state index contributed by atoms with van der Waals surface area (Å²) in [5, 5.41) is 9.34. The minimum atomic E-state index is -0.184. The number of aliphatic hydroxyl groups excluding tert-OH is 1. The summed E-state index contributed by atoms with van der Waals surface area (Å²) in [5.41, 5.74) is 8.43. The van der Waals surface area contributed by atoms with Crippen molar-refractivity contribution in [1.82, 2.24) is 0 Å². The highest BCUT2D eigenvalue weighted by Crippen LogP contribution is 2.32. The zero-order valence-corrected chi connectivity index (χ0v) is 11.8. The molecule has 0 radical (unpaired) electrons. The molecule has 1 aromatic rings. The number of methoxy groups -OCH3 is 1. The summed E-state index contributed by atoms with van der Waals surface area (Å²) < 4.78 is 5.43. The molecule has 0 aromatic heterocycles. The Morgan fingerprint density at radius 2 is 2.00 bits per heavy atom. The predicted octanol–water partition coefficient (Wildman–Crippen LogP) is 2.84. The normalized spacial score (nSPS) is 14.6. The van der Waals surface area contributed by atoms with E-state index in [4.69, 9.17) is 10.5 Å². The van der Waals surface area contributed by atoms with Crippen LogP contribution in [0.2, 0.25) is 0 Å². The van der Waals surface area contributed by atoms with E-state index in [1.54, 1.807) is 7.11 Å². The van der Waals surface area contributed by atoms with Gasteiger partial charge in [0.2, 0.25) is 0 Å². The Bertz CT molecular complexity index is 373. The lowest BCUT2D eigenvalue weighted by Crippen LogP contribution is -2.24. The van der Waals surface area contributed by atoms with Gasteiger partial charge in [0.1, 0.15) is 5.75 Å². The first-order chi connectivity index (χ1) is 8.54. The number of hydrogen-bond donors (Lipinski definition) is 2. The predicted molar refractivity (Wildman–Crippen MR) is 74.9 cm³/mol. The van der Waals surface area contributed by atoms with E-state index in [1.165, 1.54) is 5.56 Å². The average Bonchev–Trinajstić information content (AvgIpc) is 2.39. The van der Waals surface area contributed by atoms with Crippen molar-refractivity contribution >= 4 is 0 Å². The summed E-state index contributed by atoms with van der Waals surface area (Å²) in [5.74, 6) is 1.35. The van der Waals surface area contributed by atoms with Crippen LogP contribution in [0, 0.1) is 5.92 Å². The molecule has 0 saturated heterocycles. The van der Waals surface area contributed by atoms with Crippen molar-refractivity contribution in [3.63, 3.8) is 0 Å². The van der Waals surface area contributed by atoms with Gasteiger partial charge in [0.25, 0.3) is 0 Å². The molecule has 3 heteroatoms. The summed E-state index contributed by atoms with van der Waals surface area (Å²) >= 11 is 0. The summed E-state index contributed by atoms with van der Waals surface area (Å²) in [6, 6.07) is 5.98. The van der Waals surface area contributed by atoms with E-state index in [1.807, 2.05) is 19.1 Å². The Morgan fingerprint density at radius 3 is 2.44 bits per heavy atom. The SMILES string of the molecule is CCC(CO)C(N)c1ccc(C(C)C)cc1OC. The quantitative estimate of drug-likeness (QED) is 0.817. The van der Waals surface area contributed by atoms with Crippen LogP contribution in [0.4, 0.5) is 0 Å². The number of rotatable bonds is 6. The zero-order valence-electron chi connectivity index (χ0n) is 11.8. The van der Waals surface area contributed by atoms with Gasteiger partial charge in [-0.05, 0) is 24.0 Å². The second-order valence-electron chi connectivity index (χ2n) is 5.03. The van der Waals surface area contributed by atoms with Crippen molar-refractivity contribution < 1.29 is 9.84 Å². The molecule has 0 bridgehead atoms. The Balaban J connectivity index is 3.08. The molecule has 0 saturated carbocycles. The molecule has 2 atom stereocenters. The van der Waals surface area contributed by atoms with Gasteiger partial charge >= 0.3 is 0 Å². The van der Waals surface area contributed by atoms with Crippen LogP contribution in [0.15, 0.2) is 18.2 Å². The van der Waals surface area contributed by atoms with Crippen LogP contribution >= 0.6 is 0 Å². The van der Waals surface area contributed by atoms with Gasteiger partial charge in [-0.15, -0.1) is 0 Å². The molecule has 1 rings (SSSR count). The lowest BCUT2D eigenvalue weighted by Gasteiger charge is -2.23. The first kappa shape index (κ1) is 15.0. The smallest absolute Gasteiger partial charge is 0.123 e. The molecule has 3 nitrogen and oxygen atoms in total. The van der Waals surface area contributed by atoms with Gasteiger partial charge in [0.05, 0.1) is 7.11 Å². The first-order valence-corrected chi connectivity index (χ1v) is 6.59. The molecular formula is C15H25NO2. The van der Waals surface area contributed by atoms with Crippen LogP contribution in [0.25, 0.3) is 0 Å². The van der Waals surface area contributed by atoms with Gasteiger partial charge in [-0.3, -0.25) is 0 Å². The fourth-order valence-corrected chi connectivity index (χ4v) is 2.11. The third kappa shape index (κ3) is 3.24. The lowest BCUT2D eigenvalue weighted by atomic mass is 9.90. The highest BCUT2D eigenvalue weighted by Gasteiger charge is 2.20. The fourth-order valence-electron chi connectivity index (χ4n) is 2.11. The maximum Gasteiger partial charge on any atom is 0.123 e. The Kier molecular flexibility index (Phi) is 5.63. The molecule has 0 fully saturated rings. The second-order valence-corrected chi connectivity index (χ2v) is 5.03. The molecule has 0 aliphatic heterocycles. The zero-order chi connectivity index (χ0) is 13.7. The molecule has 0 heterocycles. The third-order valence-corrected chi connectivity index (χ3v) is 3.55. The van der Waals surface area contributed by atoms with Crippen LogP contribution in [0.3, 0.4) is 0 Å². The molecule has 18 heavy (non-hydrogen) atoms. The molecule has 102 valence electrons. The van der Waals surface area contributed by atoms with E-state index in [9.17, 15) is 5.11 Å². The number of ether oxygens (including phenoxy) is 1. The van der Waals surface area contributed by atoms with Crippen molar-refractivity contribution in [3.8, 4) is 5.75 Å². The van der Waals surface area contributed by atoms with Crippen molar-refractivity contribution in [3.05, 3.63) is 29.3 Å². The molecule has 0 spiro atoms. The van der Waals surface area contributed by atoms with Gasteiger partial charge in [0.15, 0.2) is 0 Å². The second kappa shape index (κ2) is 6.76. The third-order valence-electron chi connectivity index (χ3n) is 3.55. The van der Waals surface area contributed by atoms with Crippen molar-refractivity contribution in [2.45, 2.75) is 39.2 Å². The molecule has 0 aliphatic rings. The summed E-state index contributed by atoms with van der Waals surface area (Å²) in [7, 11) is 1.66. The van der Waals surface area contributed by atoms with E-state index in [-0.39, 0.29) is 18.6 Å². The van der Waals surface area contributed by atoms with Crippen molar-refractivity contribution in [1.29, 1.82) is 0 Å². The molecular weight excluding hydrogens is 226 g/mol. The molecule has 0 amide bonds. The largest absolute Gasteiger partial charge is 0.496 e. The number of aliphatic hydroxyl groups is 1. The van der Waals surface area contributed by atoms with Gasteiger partial charge in [0, 0.05) is 24.1 Å². The van der Waals surface area contributed by atoms with Crippen LogP contribution in [-0.4, -0.2) is 18.8 Å². The van der Waals surface area contributed by atoms with Gasteiger partial charge in [-0.25, -0.2) is 0 Å². The van der Waals surface area contributed by atoms with E-state index < -0.39 is 0 Å². The molecule has 1 aromatic carbocycles. The fraction of sp³-hybridized carbons (Fsp3) is 0.600. The molecule has 0 aliphatic carbocycles. The summed E-state index contributed by atoms with van der Waals surface area (Å²) in [6.07, 6.45) is 0.854. The maximum absolute atomic E-state index is 9.34. The van der Waals surface area contributed by atoms with E-state index >= 15 is 0 Å². The number of benzene rings is 1. The summed E-state index contributed by atoms with van der Waals surface area (Å²) in [4.78, 5) is 0. The topological polar surface area (TPSA) is 55.5 Å². The standard InChI is InChI=1S/C15H25NO2/c1-5-11(9-17)15(16)13-7-6-12(10(2)3)8-14(13)18-4/h6-8,10-11,15,17H,5,9,16H2,1-4H3.